The lowest BCUT2D eigenvalue weighted by Crippen LogP contribution is -2.28. The van der Waals surface area contributed by atoms with Gasteiger partial charge in [0.15, 0.2) is 5.65 Å². The van der Waals surface area contributed by atoms with Crippen LogP contribution in [-0.4, -0.2) is 25.7 Å². The average Bonchev–Trinajstić information content (AvgIpc) is 3.03. The minimum absolute atomic E-state index is 0.136. The molecule has 7 heteroatoms. The van der Waals surface area contributed by atoms with E-state index >= 15 is 0 Å². The standard InChI is InChI=1S/C21H27N5O2/c1-11(2)18-8-15(17-10-23-26(12(3)4)19(17)25-18)20(27)22-9-16-13(5)7-14(6)24-21(16)28/h7-8,10-12H,9H2,1-6H3,(H,22,27)(H,24,28). The fourth-order valence-corrected chi connectivity index (χ4v) is 3.26. The molecule has 7 nitrogen and oxygen atoms in total. The fourth-order valence-electron chi connectivity index (χ4n) is 3.26. The number of pyridine rings is 2. The summed E-state index contributed by atoms with van der Waals surface area (Å²) in [6.45, 7) is 12.0. The zero-order valence-electron chi connectivity index (χ0n) is 17.3. The minimum atomic E-state index is -0.239. The molecule has 28 heavy (non-hydrogen) atoms. The predicted molar refractivity (Wildman–Crippen MR) is 110 cm³/mol. The van der Waals surface area contributed by atoms with Crippen LogP contribution in [0, 0.1) is 13.8 Å². The highest BCUT2D eigenvalue weighted by Gasteiger charge is 2.19. The first-order chi connectivity index (χ1) is 13.2. The molecule has 0 spiro atoms. The third-order valence-electron chi connectivity index (χ3n) is 4.83. The van der Waals surface area contributed by atoms with Crippen molar-refractivity contribution in [2.24, 2.45) is 0 Å². The van der Waals surface area contributed by atoms with Crippen molar-refractivity contribution in [3.05, 3.63) is 56.8 Å². The van der Waals surface area contributed by atoms with Gasteiger partial charge in [-0.15, -0.1) is 0 Å². The molecule has 148 valence electrons. The number of carbonyl (C=O) groups is 1. The van der Waals surface area contributed by atoms with E-state index in [2.05, 4.69) is 15.4 Å². The predicted octanol–water partition coefficient (Wildman–Crippen LogP) is 3.37. The first-order valence-corrected chi connectivity index (χ1v) is 9.54. The number of nitrogens with one attached hydrogen (secondary N) is 2. The van der Waals surface area contributed by atoms with Crippen LogP contribution in [0.3, 0.4) is 0 Å². The van der Waals surface area contributed by atoms with Gasteiger partial charge >= 0.3 is 0 Å². The van der Waals surface area contributed by atoms with Gasteiger partial charge in [0.2, 0.25) is 0 Å². The Labute approximate surface area is 164 Å². The van der Waals surface area contributed by atoms with Gasteiger partial charge in [-0.25, -0.2) is 9.67 Å². The van der Waals surface area contributed by atoms with Crippen LogP contribution in [0.1, 0.15) is 72.5 Å². The van der Waals surface area contributed by atoms with Gasteiger partial charge in [-0.2, -0.15) is 5.10 Å². The Hall–Kier alpha value is -2.96. The highest BCUT2D eigenvalue weighted by atomic mass is 16.1. The molecule has 0 saturated carbocycles. The Morgan fingerprint density at radius 1 is 1.21 bits per heavy atom. The molecule has 0 fully saturated rings. The smallest absolute Gasteiger partial charge is 0.253 e. The molecule has 0 saturated heterocycles. The number of carbonyl (C=O) groups excluding carboxylic acids is 1. The van der Waals surface area contributed by atoms with E-state index in [0.29, 0.717) is 22.2 Å². The molecule has 3 aromatic rings. The van der Waals surface area contributed by atoms with Crippen LogP contribution >= 0.6 is 0 Å². The van der Waals surface area contributed by atoms with Crippen LogP contribution in [0.5, 0.6) is 0 Å². The maximum absolute atomic E-state index is 13.0. The molecule has 1 amide bonds. The van der Waals surface area contributed by atoms with E-state index in [1.165, 1.54) is 0 Å². The summed E-state index contributed by atoms with van der Waals surface area (Å²) in [4.78, 5) is 32.7. The number of amides is 1. The molecule has 0 aliphatic heterocycles. The molecule has 3 aromatic heterocycles. The zero-order valence-corrected chi connectivity index (χ0v) is 17.3. The summed E-state index contributed by atoms with van der Waals surface area (Å²) in [5.74, 6) is -0.0642. The van der Waals surface area contributed by atoms with Crippen LogP contribution in [0.25, 0.3) is 11.0 Å². The summed E-state index contributed by atoms with van der Waals surface area (Å²) in [6.07, 6.45) is 1.69. The number of aromatic amines is 1. The van der Waals surface area contributed by atoms with Gasteiger partial charge in [0.1, 0.15) is 0 Å². The monoisotopic (exact) mass is 381 g/mol. The van der Waals surface area contributed by atoms with Crippen LogP contribution in [0.15, 0.2) is 23.1 Å². The Morgan fingerprint density at radius 3 is 2.54 bits per heavy atom. The van der Waals surface area contributed by atoms with Crippen LogP contribution in [-0.2, 0) is 6.54 Å². The quantitative estimate of drug-likeness (QED) is 0.709. The van der Waals surface area contributed by atoms with E-state index in [0.717, 1.165) is 17.0 Å². The molecular weight excluding hydrogens is 354 g/mol. The van der Waals surface area contributed by atoms with E-state index in [9.17, 15) is 9.59 Å². The van der Waals surface area contributed by atoms with E-state index in [1.807, 2.05) is 58.4 Å². The normalized spacial score (nSPS) is 11.6. The number of fused-ring (bicyclic) bond motifs is 1. The Bertz CT molecular complexity index is 1090. The van der Waals surface area contributed by atoms with Crippen molar-refractivity contribution in [3.63, 3.8) is 0 Å². The van der Waals surface area contributed by atoms with Crippen LogP contribution in [0.4, 0.5) is 0 Å². The lowest BCUT2D eigenvalue weighted by Gasteiger charge is -2.13. The molecule has 0 radical (unpaired) electrons. The van der Waals surface area contributed by atoms with Gasteiger partial charge in [-0.1, -0.05) is 13.8 Å². The molecule has 0 aromatic carbocycles. The second-order valence-corrected chi connectivity index (χ2v) is 7.80. The Kier molecular flexibility index (Phi) is 5.36. The van der Waals surface area contributed by atoms with Gasteiger partial charge in [0, 0.05) is 29.5 Å². The lowest BCUT2D eigenvalue weighted by molar-refractivity contribution is 0.0952. The molecule has 0 bridgehead atoms. The molecule has 0 aliphatic carbocycles. The van der Waals surface area contributed by atoms with Crippen LogP contribution < -0.4 is 10.9 Å². The molecule has 2 N–H and O–H groups in total. The number of H-pyrrole nitrogens is 1. The van der Waals surface area contributed by atoms with Crippen LogP contribution in [0.2, 0.25) is 0 Å². The molecule has 3 rings (SSSR count). The molecule has 3 heterocycles. The van der Waals surface area contributed by atoms with Crippen molar-refractivity contribution >= 4 is 16.9 Å². The van der Waals surface area contributed by atoms with Crippen molar-refractivity contribution in [2.75, 3.05) is 0 Å². The molecule has 0 aliphatic rings. The number of aryl methyl sites for hydroxylation is 2. The summed E-state index contributed by atoms with van der Waals surface area (Å²) in [6, 6.07) is 3.86. The number of rotatable bonds is 5. The van der Waals surface area contributed by atoms with Crippen molar-refractivity contribution in [2.45, 2.75) is 60.0 Å². The number of hydrogen-bond donors (Lipinski definition) is 2. The first-order valence-electron chi connectivity index (χ1n) is 9.54. The van der Waals surface area contributed by atoms with Crippen molar-refractivity contribution < 1.29 is 4.79 Å². The lowest BCUT2D eigenvalue weighted by atomic mass is 10.0. The van der Waals surface area contributed by atoms with E-state index < -0.39 is 0 Å². The van der Waals surface area contributed by atoms with E-state index in [-0.39, 0.29) is 30.0 Å². The van der Waals surface area contributed by atoms with Gasteiger partial charge < -0.3 is 10.3 Å². The average molecular weight is 381 g/mol. The summed E-state index contributed by atoms with van der Waals surface area (Å²) >= 11 is 0. The number of hydrogen-bond acceptors (Lipinski definition) is 4. The Morgan fingerprint density at radius 2 is 1.93 bits per heavy atom. The third-order valence-corrected chi connectivity index (χ3v) is 4.83. The second kappa shape index (κ2) is 7.58. The maximum atomic E-state index is 13.0. The van der Waals surface area contributed by atoms with Crippen molar-refractivity contribution in [1.82, 2.24) is 25.1 Å². The zero-order chi connectivity index (χ0) is 20.6. The fraction of sp³-hybridized carbons (Fsp3) is 0.429. The molecule has 0 unspecified atom stereocenters. The second-order valence-electron chi connectivity index (χ2n) is 7.80. The summed E-state index contributed by atoms with van der Waals surface area (Å²) in [5, 5.41) is 8.02. The van der Waals surface area contributed by atoms with E-state index in [1.54, 1.807) is 6.20 Å². The van der Waals surface area contributed by atoms with Gasteiger partial charge in [0.05, 0.1) is 17.1 Å². The summed E-state index contributed by atoms with van der Waals surface area (Å²) in [7, 11) is 0. The highest BCUT2D eigenvalue weighted by molar-refractivity contribution is 6.05. The molecular formula is C21H27N5O2. The number of nitrogens with zero attached hydrogens (tertiary/aromatic N) is 3. The van der Waals surface area contributed by atoms with Crippen molar-refractivity contribution in [1.29, 1.82) is 0 Å². The van der Waals surface area contributed by atoms with Gasteiger partial charge in [-0.3, -0.25) is 9.59 Å². The Balaban J connectivity index is 1.98. The topological polar surface area (TPSA) is 92.7 Å². The summed E-state index contributed by atoms with van der Waals surface area (Å²) in [5.41, 5.74) is 4.12. The van der Waals surface area contributed by atoms with Gasteiger partial charge in [-0.05, 0) is 51.3 Å². The summed E-state index contributed by atoms with van der Waals surface area (Å²) < 4.78 is 1.83. The SMILES string of the molecule is Cc1cc(C)c(CNC(=O)c2cc(C(C)C)nc3c2cnn3C(C)C)c(=O)[nH]1. The van der Waals surface area contributed by atoms with Crippen molar-refractivity contribution in [3.8, 4) is 0 Å². The maximum Gasteiger partial charge on any atom is 0.253 e. The van der Waals surface area contributed by atoms with Gasteiger partial charge in [0.25, 0.3) is 11.5 Å². The largest absolute Gasteiger partial charge is 0.348 e. The minimum Gasteiger partial charge on any atom is -0.348 e. The van der Waals surface area contributed by atoms with E-state index in [4.69, 9.17) is 4.98 Å². The molecule has 0 atom stereocenters. The number of aromatic nitrogens is 4. The highest BCUT2D eigenvalue weighted by Crippen LogP contribution is 2.24. The first kappa shape index (κ1) is 19.8. The third kappa shape index (κ3) is 3.69.